The van der Waals surface area contributed by atoms with E-state index in [0.29, 0.717) is 30.9 Å². The lowest BCUT2D eigenvalue weighted by Gasteiger charge is -2.18. The van der Waals surface area contributed by atoms with Crippen molar-refractivity contribution in [3.8, 4) is 5.75 Å². The number of hydrogen-bond donors (Lipinski definition) is 3. The topological polar surface area (TPSA) is 79.5 Å². The maximum Gasteiger partial charge on any atom is 0.262 e. The van der Waals surface area contributed by atoms with Crippen LogP contribution in [-0.4, -0.2) is 32.0 Å². The number of amides is 2. The third-order valence-electron chi connectivity index (χ3n) is 2.81. The minimum Gasteiger partial charge on any atom is -0.482 e. The van der Waals surface area contributed by atoms with Gasteiger partial charge in [0.2, 0.25) is 5.91 Å². The third kappa shape index (κ3) is 3.69. The molecular formula is C13H17N3O3. The van der Waals surface area contributed by atoms with Crippen molar-refractivity contribution in [2.45, 2.75) is 13.0 Å². The molecule has 19 heavy (non-hydrogen) atoms. The van der Waals surface area contributed by atoms with E-state index in [4.69, 9.17) is 4.74 Å². The first kappa shape index (κ1) is 13.4. The number of rotatable bonds is 5. The van der Waals surface area contributed by atoms with Crippen molar-refractivity contribution >= 4 is 17.5 Å². The van der Waals surface area contributed by atoms with E-state index in [1.54, 1.807) is 7.05 Å². The summed E-state index contributed by atoms with van der Waals surface area (Å²) in [6, 6.07) is 5.65. The Bertz CT molecular complexity index is 488. The molecule has 0 saturated heterocycles. The van der Waals surface area contributed by atoms with Gasteiger partial charge in [-0.3, -0.25) is 9.59 Å². The lowest BCUT2D eigenvalue weighted by atomic mass is 10.1. The third-order valence-corrected chi connectivity index (χ3v) is 2.81. The normalized spacial score (nSPS) is 13.2. The second-order valence-electron chi connectivity index (χ2n) is 4.27. The number of anilines is 1. The van der Waals surface area contributed by atoms with Gasteiger partial charge in [0.05, 0.1) is 5.69 Å². The number of ether oxygens (including phenoxy) is 1. The summed E-state index contributed by atoms with van der Waals surface area (Å²) in [4.78, 5) is 22.2. The highest BCUT2D eigenvalue weighted by Gasteiger charge is 2.15. The lowest BCUT2D eigenvalue weighted by molar-refractivity contribution is -0.120. The molecular weight excluding hydrogens is 246 g/mol. The highest BCUT2D eigenvalue weighted by molar-refractivity contribution is 5.95. The Morgan fingerprint density at radius 3 is 3.11 bits per heavy atom. The van der Waals surface area contributed by atoms with E-state index in [9.17, 15) is 9.59 Å². The van der Waals surface area contributed by atoms with Crippen LogP contribution in [-0.2, 0) is 16.1 Å². The average molecular weight is 263 g/mol. The maximum atomic E-state index is 11.2. The van der Waals surface area contributed by atoms with Crippen LogP contribution in [0.3, 0.4) is 0 Å². The first-order chi connectivity index (χ1) is 9.19. The maximum absolute atomic E-state index is 11.2. The quantitative estimate of drug-likeness (QED) is 0.665. The Morgan fingerprint density at radius 1 is 1.47 bits per heavy atom. The first-order valence-corrected chi connectivity index (χ1v) is 6.16. The summed E-state index contributed by atoms with van der Waals surface area (Å²) in [6.45, 7) is 1.32. The molecule has 1 aliphatic heterocycles. The Balaban J connectivity index is 1.86. The standard InChI is InChI=1S/C13H17N3O3/c1-14-12(17)4-5-15-7-9-2-3-11-10(6-9)16-13(18)8-19-11/h2-3,6,15H,4-5,7-8H2,1H3,(H,14,17)(H,16,18). The predicted molar refractivity (Wildman–Crippen MR) is 71.0 cm³/mol. The Morgan fingerprint density at radius 2 is 2.32 bits per heavy atom. The summed E-state index contributed by atoms with van der Waals surface area (Å²) in [6.07, 6.45) is 0.446. The second kappa shape index (κ2) is 6.19. The molecule has 0 spiro atoms. The molecule has 0 fully saturated rings. The van der Waals surface area contributed by atoms with E-state index < -0.39 is 0 Å². The van der Waals surface area contributed by atoms with Gasteiger partial charge in [-0.05, 0) is 17.7 Å². The van der Waals surface area contributed by atoms with Crippen molar-refractivity contribution in [1.29, 1.82) is 0 Å². The van der Waals surface area contributed by atoms with E-state index in [1.807, 2.05) is 18.2 Å². The highest BCUT2D eigenvalue weighted by Crippen LogP contribution is 2.28. The number of benzene rings is 1. The molecule has 0 radical (unpaired) electrons. The molecule has 0 saturated carbocycles. The van der Waals surface area contributed by atoms with E-state index in [1.165, 1.54) is 0 Å². The fraction of sp³-hybridized carbons (Fsp3) is 0.385. The average Bonchev–Trinajstić information content (AvgIpc) is 2.42. The van der Waals surface area contributed by atoms with E-state index in [-0.39, 0.29) is 18.4 Å². The molecule has 6 heteroatoms. The molecule has 0 unspecified atom stereocenters. The summed E-state index contributed by atoms with van der Waals surface area (Å²) in [5, 5.41) is 8.50. The molecule has 0 atom stereocenters. The molecule has 102 valence electrons. The number of carbonyl (C=O) groups excluding carboxylic acids is 2. The van der Waals surface area contributed by atoms with Gasteiger partial charge in [-0.15, -0.1) is 0 Å². The summed E-state index contributed by atoms with van der Waals surface area (Å²) in [5.74, 6) is 0.560. The van der Waals surface area contributed by atoms with Gasteiger partial charge in [-0.25, -0.2) is 0 Å². The summed E-state index contributed by atoms with van der Waals surface area (Å²) in [5.41, 5.74) is 1.73. The van der Waals surface area contributed by atoms with Gasteiger partial charge in [-0.2, -0.15) is 0 Å². The van der Waals surface area contributed by atoms with Crippen LogP contribution in [0, 0.1) is 0 Å². The van der Waals surface area contributed by atoms with Gasteiger partial charge >= 0.3 is 0 Å². The van der Waals surface area contributed by atoms with Crippen LogP contribution < -0.4 is 20.7 Å². The van der Waals surface area contributed by atoms with Crippen molar-refractivity contribution in [2.75, 3.05) is 25.5 Å². The van der Waals surface area contributed by atoms with Gasteiger partial charge in [0.1, 0.15) is 5.75 Å². The summed E-state index contributed by atoms with van der Waals surface area (Å²) >= 11 is 0. The van der Waals surface area contributed by atoms with Crippen molar-refractivity contribution in [1.82, 2.24) is 10.6 Å². The molecule has 1 aromatic carbocycles. The van der Waals surface area contributed by atoms with Crippen molar-refractivity contribution in [3.63, 3.8) is 0 Å². The Labute approximate surface area is 111 Å². The molecule has 2 rings (SSSR count). The molecule has 0 bridgehead atoms. The van der Waals surface area contributed by atoms with Crippen LogP contribution in [0.2, 0.25) is 0 Å². The highest BCUT2D eigenvalue weighted by atomic mass is 16.5. The van der Waals surface area contributed by atoms with Crippen molar-refractivity contribution in [2.24, 2.45) is 0 Å². The molecule has 0 aromatic heterocycles. The zero-order valence-corrected chi connectivity index (χ0v) is 10.8. The van der Waals surface area contributed by atoms with E-state index in [0.717, 1.165) is 5.56 Å². The largest absolute Gasteiger partial charge is 0.482 e. The van der Waals surface area contributed by atoms with E-state index >= 15 is 0 Å². The lowest BCUT2D eigenvalue weighted by Crippen LogP contribution is -2.26. The van der Waals surface area contributed by atoms with Gasteiger partial charge in [0, 0.05) is 26.6 Å². The summed E-state index contributed by atoms with van der Waals surface area (Å²) < 4.78 is 5.28. The smallest absolute Gasteiger partial charge is 0.262 e. The van der Waals surface area contributed by atoms with Gasteiger partial charge in [0.25, 0.3) is 5.91 Å². The van der Waals surface area contributed by atoms with E-state index in [2.05, 4.69) is 16.0 Å². The zero-order valence-electron chi connectivity index (χ0n) is 10.8. The molecule has 3 N–H and O–H groups in total. The van der Waals surface area contributed by atoms with Crippen molar-refractivity contribution < 1.29 is 14.3 Å². The zero-order chi connectivity index (χ0) is 13.7. The van der Waals surface area contributed by atoms with Crippen LogP contribution >= 0.6 is 0 Å². The Kier molecular flexibility index (Phi) is 4.35. The summed E-state index contributed by atoms with van der Waals surface area (Å²) in [7, 11) is 1.62. The molecule has 2 amide bonds. The first-order valence-electron chi connectivity index (χ1n) is 6.16. The monoisotopic (exact) mass is 263 g/mol. The van der Waals surface area contributed by atoms with Gasteiger partial charge in [-0.1, -0.05) is 6.07 Å². The SMILES string of the molecule is CNC(=O)CCNCc1ccc2c(c1)NC(=O)CO2. The minimum absolute atomic E-state index is 0.0126. The van der Waals surface area contributed by atoms with Crippen LogP contribution in [0.5, 0.6) is 5.75 Å². The molecule has 1 heterocycles. The molecule has 6 nitrogen and oxygen atoms in total. The fourth-order valence-electron chi connectivity index (χ4n) is 1.80. The Hall–Kier alpha value is -2.08. The van der Waals surface area contributed by atoms with Crippen molar-refractivity contribution in [3.05, 3.63) is 23.8 Å². The van der Waals surface area contributed by atoms with Crippen LogP contribution in [0.25, 0.3) is 0 Å². The molecule has 0 aliphatic carbocycles. The van der Waals surface area contributed by atoms with Gasteiger partial charge in [0.15, 0.2) is 6.61 Å². The number of carbonyl (C=O) groups is 2. The molecule has 1 aliphatic rings. The minimum atomic E-state index is -0.141. The molecule has 1 aromatic rings. The van der Waals surface area contributed by atoms with Crippen LogP contribution in [0.4, 0.5) is 5.69 Å². The number of hydrogen-bond acceptors (Lipinski definition) is 4. The van der Waals surface area contributed by atoms with Gasteiger partial charge < -0.3 is 20.7 Å². The number of nitrogens with one attached hydrogen (secondary N) is 3. The predicted octanol–water partition coefficient (Wildman–Crippen LogP) is 0.243. The van der Waals surface area contributed by atoms with Crippen LogP contribution in [0.1, 0.15) is 12.0 Å². The number of fused-ring (bicyclic) bond motifs is 1. The second-order valence-corrected chi connectivity index (χ2v) is 4.27. The van der Waals surface area contributed by atoms with Crippen LogP contribution in [0.15, 0.2) is 18.2 Å². The fourth-order valence-corrected chi connectivity index (χ4v) is 1.80.